The molecule has 1 unspecified atom stereocenters. The number of nitrogens with zero attached hydrogens (tertiary/aromatic N) is 3. The second-order valence-electron chi connectivity index (χ2n) is 8.25. The van der Waals surface area contributed by atoms with Crippen LogP contribution in [0.2, 0.25) is 0 Å². The van der Waals surface area contributed by atoms with Crippen LogP contribution in [0.15, 0.2) is 72.0 Å². The quantitative estimate of drug-likeness (QED) is 0.369. The van der Waals surface area contributed by atoms with Gasteiger partial charge in [-0.3, -0.25) is 9.36 Å². The molecule has 1 aliphatic heterocycles. The minimum absolute atomic E-state index is 0.0903. The molecule has 0 bridgehead atoms. The zero-order valence-electron chi connectivity index (χ0n) is 18.6. The highest BCUT2D eigenvalue weighted by Gasteiger charge is 2.17. The van der Waals surface area contributed by atoms with E-state index in [1.807, 2.05) is 47.0 Å². The van der Waals surface area contributed by atoms with Crippen LogP contribution < -0.4 is 5.32 Å². The number of thioether (sulfide) groups is 1. The Morgan fingerprint density at radius 2 is 2.00 bits per heavy atom. The minimum atomic E-state index is -0.246. The third-order valence-electron chi connectivity index (χ3n) is 5.85. The fraction of sp³-hybridized carbons (Fsp3) is 0.269. The number of rotatable bonds is 8. The van der Waals surface area contributed by atoms with E-state index >= 15 is 0 Å². The first-order valence-corrected chi connectivity index (χ1v) is 12.3. The molecule has 2 aromatic carbocycles. The summed E-state index contributed by atoms with van der Waals surface area (Å²) in [6.45, 7) is 1.67. The molecule has 1 atom stereocenters. The van der Waals surface area contributed by atoms with Gasteiger partial charge in [-0.25, -0.2) is 14.4 Å². The van der Waals surface area contributed by atoms with Crippen molar-refractivity contribution >= 4 is 28.8 Å². The van der Waals surface area contributed by atoms with E-state index in [9.17, 15) is 9.18 Å². The maximum absolute atomic E-state index is 14.3. The molecular formula is C26H25FN4O2S. The molecule has 4 aromatic rings. The molecule has 6 nitrogen and oxygen atoms in total. The zero-order valence-corrected chi connectivity index (χ0v) is 19.4. The number of halogens is 1. The number of hydrogen-bond donors (Lipinski definition) is 1. The maximum atomic E-state index is 14.3. The van der Waals surface area contributed by atoms with E-state index in [1.165, 1.54) is 6.07 Å². The van der Waals surface area contributed by atoms with Gasteiger partial charge in [0.05, 0.1) is 12.6 Å². The van der Waals surface area contributed by atoms with Gasteiger partial charge in [-0.1, -0.05) is 42.1 Å². The van der Waals surface area contributed by atoms with Gasteiger partial charge in [0.25, 0.3) is 5.91 Å². The van der Waals surface area contributed by atoms with E-state index in [0.29, 0.717) is 30.0 Å². The number of carbonyl (C=O) groups is 1. The van der Waals surface area contributed by atoms with E-state index in [0.717, 1.165) is 41.3 Å². The van der Waals surface area contributed by atoms with Crippen LogP contribution in [0.3, 0.4) is 0 Å². The standard InChI is InChI=1S/C26H25FN4O2S/c27-22-7-2-1-5-20(22)16-31-24-23(8-3-13-28-24)30-26(31)34-17-18-9-11-19(12-10-18)25(32)29-15-21-6-4-14-33-21/h1-3,5,7-13,21H,4,6,14-17H2,(H,29,32). The first kappa shape index (κ1) is 22.6. The van der Waals surface area contributed by atoms with Crippen molar-refractivity contribution in [3.05, 3.63) is 89.4 Å². The second kappa shape index (κ2) is 10.4. The lowest BCUT2D eigenvalue weighted by atomic mass is 10.1. The Morgan fingerprint density at radius 1 is 1.15 bits per heavy atom. The molecule has 0 radical (unpaired) electrons. The molecule has 34 heavy (non-hydrogen) atoms. The van der Waals surface area contributed by atoms with Crippen LogP contribution in [-0.2, 0) is 17.0 Å². The van der Waals surface area contributed by atoms with Crippen molar-refractivity contribution in [2.24, 2.45) is 0 Å². The monoisotopic (exact) mass is 476 g/mol. The van der Waals surface area contributed by atoms with Crippen molar-refractivity contribution in [3.63, 3.8) is 0 Å². The second-order valence-corrected chi connectivity index (χ2v) is 9.19. The molecule has 1 amide bonds. The van der Waals surface area contributed by atoms with Crippen LogP contribution in [-0.4, -0.2) is 39.7 Å². The predicted octanol–water partition coefficient (Wildman–Crippen LogP) is 4.82. The lowest BCUT2D eigenvalue weighted by molar-refractivity contribution is 0.0858. The molecule has 0 saturated carbocycles. The van der Waals surface area contributed by atoms with Crippen LogP contribution in [0.1, 0.15) is 34.3 Å². The van der Waals surface area contributed by atoms with Crippen molar-refractivity contribution in [3.8, 4) is 0 Å². The zero-order chi connectivity index (χ0) is 23.3. The third-order valence-corrected chi connectivity index (χ3v) is 6.90. The number of fused-ring (bicyclic) bond motifs is 1. The smallest absolute Gasteiger partial charge is 0.251 e. The summed E-state index contributed by atoms with van der Waals surface area (Å²) in [6.07, 6.45) is 3.89. The van der Waals surface area contributed by atoms with Gasteiger partial charge in [-0.2, -0.15) is 0 Å². The number of benzene rings is 2. The van der Waals surface area contributed by atoms with Crippen LogP contribution in [0.25, 0.3) is 11.2 Å². The lowest BCUT2D eigenvalue weighted by Gasteiger charge is -2.11. The van der Waals surface area contributed by atoms with Gasteiger partial charge in [0.2, 0.25) is 0 Å². The van der Waals surface area contributed by atoms with Crippen LogP contribution in [0, 0.1) is 5.82 Å². The van der Waals surface area contributed by atoms with Crippen molar-refractivity contribution in [2.75, 3.05) is 13.2 Å². The fourth-order valence-corrected chi connectivity index (χ4v) is 4.96. The van der Waals surface area contributed by atoms with E-state index < -0.39 is 0 Å². The highest BCUT2D eigenvalue weighted by molar-refractivity contribution is 7.98. The summed E-state index contributed by atoms with van der Waals surface area (Å²) in [5.41, 5.74) is 3.79. The minimum Gasteiger partial charge on any atom is -0.376 e. The highest BCUT2D eigenvalue weighted by Crippen LogP contribution is 2.27. The molecule has 2 aromatic heterocycles. The van der Waals surface area contributed by atoms with Crippen molar-refractivity contribution in [1.82, 2.24) is 19.9 Å². The third kappa shape index (κ3) is 5.13. The Morgan fingerprint density at radius 3 is 2.79 bits per heavy atom. The number of aromatic nitrogens is 3. The van der Waals surface area contributed by atoms with E-state index in [-0.39, 0.29) is 17.8 Å². The first-order chi connectivity index (χ1) is 16.7. The van der Waals surface area contributed by atoms with Gasteiger partial charge in [0, 0.05) is 36.2 Å². The number of pyridine rings is 1. The summed E-state index contributed by atoms with van der Waals surface area (Å²) >= 11 is 1.56. The summed E-state index contributed by atoms with van der Waals surface area (Å²) < 4.78 is 21.8. The Bertz CT molecular complexity index is 1290. The molecule has 174 valence electrons. The Kier molecular flexibility index (Phi) is 6.87. The number of amides is 1. The van der Waals surface area contributed by atoms with E-state index in [1.54, 1.807) is 30.1 Å². The molecule has 1 saturated heterocycles. The maximum Gasteiger partial charge on any atom is 0.251 e. The van der Waals surface area contributed by atoms with Crippen LogP contribution >= 0.6 is 11.8 Å². The highest BCUT2D eigenvalue weighted by atomic mass is 32.2. The van der Waals surface area contributed by atoms with E-state index in [4.69, 9.17) is 9.72 Å². The molecule has 1 N–H and O–H groups in total. The van der Waals surface area contributed by atoms with Gasteiger partial charge in [-0.15, -0.1) is 0 Å². The number of nitrogens with one attached hydrogen (secondary N) is 1. The van der Waals surface area contributed by atoms with Gasteiger partial charge in [0.1, 0.15) is 11.3 Å². The van der Waals surface area contributed by atoms with Crippen molar-refractivity contribution < 1.29 is 13.9 Å². The molecule has 8 heteroatoms. The molecule has 0 aliphatic carbocycles. The topological polar surface area (TPSA) is 69.0 Å². The predicted molar refractivity (Wildman–Crippen MR) is 130 cm³/mol. The summed E-state index contributed by atoms with van der Waals surface area (Å²) in [4.78, 5) is 21.6. The fourth-order valence-electron chi connectivity index (χ4n) is 4.00. The summed E-state index contributed by atoms with van der Waals surface area (Å²) in [5.74, 6) is 0.329. The normalized spacial score (nSPS) is 15.6. The molecule has 5 rings (SSSR count). The average Bonchev–Trinajstić information content (AvgIpc) is 3.51. The number of ether oxygens (including phenoxy) is 1. The SMILES string of the molecule is O=C(NCC1CCCO1)c1ccc(CSc2nc3cccnc3n2Cc2ccccc2F)cc1. The summed E-state index contributed by atoms with van der Waals surface area (Å²) in [7, 11) is 0. The van der Waals surface area contributed by atoms with Gasteiger partial charge >= 0.3 is 0 Å². The van der Waals surface area contributed by atoms with Gasteiger partial charge < -0.3 is 10.1 Å². The van der Waals surface area contributed by atoms with Crippen LogP contribution in [0.5, 0.6) is 0 Å². The van der Waals surface area contributed by atoms with Gasteiger partial charge in [0.15, 0.2) is 10.8 Å². The average molecular weight is 477 g/mol. The van der Waals surface area contributed by atoms with E-state index in [2.05, 4.69) is 10.3 Å². The molecule has 1 fully saturated rings. The number of carbonyl (C=O) groups excluding carboxylic acids is 1. The Balaban J connectivity index is 1.27. The molecule has 1 aliphatic rings. The van der Waals surface area contributed by atoms with Crippen molar-refractivity contribution in [2.45, 2.75) is 36.4 Å². The largest absolute Gasteiger partial charge is 0.376 e. The van der Waals surface area contributed by atoms with Crippen molar-refractivity contribution in [1.29, 1.82) is 0 Å². The number of imidazole rings is 1. The first-order valence-electron chi connectivity index (χ1n) is 11.3. The molecular weight excluding hydrogens is 451 g/mol. The summed E-state index contributed by atoms with van der Waals surface area (Å²) in [5, 5.41) is 3.72. The number of hydrogen-bond acceptors (Lipinski definition) is 5. The Labute approximate surface area is 201 Å². The van der Waals surface area contributed by atoms with Crippen LogP contribution in [0.4, 0.5) is 4.39 Å². The molecule has 0 spiro atoms. The lowest BCUT2D eigenvalue weighted by Crippen LogP contribution is -2.31. The van der Waals surface area contributed by atoms with Gasteiger partial charge in [-0.05, 0) is 48.7 Å². The Hall–Kier alpha value is -3.23. The summed E-state index contributed by atoms with van der Waals surface area (Å²) in [6, 6.07) is 18.1. The molecule has 3 heterocycles.